The van der Waals surface area contributed by atoms with Crippen molar-refractivity contribution in [3.63, 3.8) is 0 Å². The van der Waals surface area contributed by atoms with Gasteiger partial charge in [0, 0.05) is 27.0 Å². The molecule has 0 radical (unpaired) electrons. The zero-order valence-corrected chi connectivity index (χ0v) is 11.0. The SMILES string of the molecule is Brc1cc2nc3ccccc3c2c2[nH]snc12. The van der Waals surface area contributed by atoms with Crippen LogP contribution in [0, 0.1) is 0 Å². The van der Waals surface area contributed by atoms with Crippen molar-refractivity contribution in [3.05, 3.63) is 34.8 Å². The number of nitrogens with one attached hydrogen (secondary N) is 1. The minimum atomic E-state index is 0.973. The fourth-order valence-electron chi connectivity index (χ4n) is 2.20. The minimum Gasteiger partial charge on any atom is -0.293 e. The Labute approximate surface area is 109 Å². The summed E-state index contributed by atoms with van der Waals surface area (Å²) < 4.78 is 8.59. The molecule has 2 aromatic carbocycles. The van der Waals surface area contributed by atoms with E-state index in [0.717, 1.165) is 31.9 Å². The molecule has 2 heterocycles. The molecule has 4 aromatic rings. The van der Waals surface area contributed by atoms with Crippen LogP contribution in [-0.2, 0) is 0 Å². The first-order chi connectivity index (χ1) is 8.34. The van der Waals surface area contributed by atoms with Crippen LogP contribution in [0.25, 0.3) is 32.8 Å². The number of rotatable bonds is 0. The van der Waals surface area contributed by atoms with Crippen molar-refractivity contribution in [2.75, 3.05) is 0 Å². The van der Waals surface area contributed by atoms with Gasteiger partial charge in [-0.15, -0.1) is 0 Å². The van der Waals surface area contributed by atoms with Gasteiger partial charge in [0.1, 0.15) is 5.52 Å². The fraction of sp³-hybridized carbons (Fsp3) is 0. The van der Waals surface area contributed by atoms with E-state index in [1.807, 2.05) is 24.3 Å². The molecule has 0 aliphatic carbocycles. The molecule has 0 atom stereocenters. The van der Waals surface area contributed by atoms with E-state index >= 15 is 0 Å². The summed E-state index contributed by atoms with van der Waals surface area (Å²) in [5, 5.41) is 2.34. The summed E-state index contributed by atoms with van der Waals surface area (Å²) in [7, 11) is 0. The minimum absolute atomic E-state index is 0.973. The average molecular weight is 304 g/mol. The Morgan fingerprint density at radius 3 is 3.00 bits per heavy atom. The number of hydrogen-bond donors (Lipinski definition) is 1. The van der Waals surface area contributed by atoms with Crippen LogP contribution in [0.3, 0.4) is 0 Å². The quantitative estimate of drug-likeness (QED) is 0.531. The lowest BCUT2D eigenvalue weighted by Crippen LogP contribution is -1.75. The van der Waals surface area contributed by atoms with Crippen LogP contribution in [-0.4, -0.2) is 13.7 Å². The molecule has 0 aliphatic rings. The number of H-pyrrole nitrogens is 1. The second kappa shape index (κ2) is 3.27. The first kappa shape index (κ1) is 9.56. The van der Waals surface area contributed by atoms with Crippen molar-refractivity contribution >= 4 is 60.5 Å². The molecule has 0 unspecified atom stereocenters. The Hall–Kier alpha value is -1.46. The van der Waals surface area contributed by atoms with E-state index in [0.29, 0.717) is 0 Å². The molecular weight excluding hydrogens is 298 g/mol. The highest BCUT2D eigenvalue weighted by molar-refractivity contribution is 9.10. The van der Waals surface area contributed by atoms with E-state index < -0.39 is 0 Å². The van der Waals surface area contributed by atoms with E-state index in [2.05, 4.69) is 35.7 Å². The van der Waals surface area contributed by atoms with Gasteiger partial charge in [-0.3, -0.25) is 4.37 Å². The fourth-order valence-corrected chi connectivity index (χ4v) is 3.44. The zero-order chi connectivity index (χ0) is 11.4. The smallest absolute Gasteiger partial charge is 0.117 e. The molecule has 17 heavy (non-hydrogen) atoms. The Balaban J connectivity index is 2.41. The third kappa shape index (κ3) is 1.21. The lowest BCUT2D eigenvalue weighted by atomic mass is 10.1. The average Bonchev–Trinajstić information content (AvgIpc) is 2.90. The van der Waals surface area contributed by atoms with Crippen molar-refractivity contribution in [3.8, 4) is 0 Å². The first-order valence-corrected chi connectivity index (χ1v) is 6.72. The summed E-state index contributed by atoms with van der Waals surface area (Å²) in [6, 6.07) is 10.2. The van der Waals surface area contributed by atoms with Crippen molar-refractivity contribution < 1.29 is 0 Å². The van der Waals surface area contributed by atoms with E-state index in [4.69, 9.17) is 0 Å². The predicted octanol–water partition coefficient (Wildman–Crippen LogP) is 4.09. The highest BCUT2D eigenvalue weighted by Gasteiger charge is 2.13. The number of hydrogen-bond acceptors (Lipinski definition) is 3. The van der Waals surface area contributed by atoms with Crippen LogP contribution < -0.4 is 0 Å². The molecule has 0 spiro atoms. The van der Waals surface area contributed by atoms with Crippen LogP contribution in [0.4, 0.5) is 0 Å². The van der Waals surface area contributed by atoms with Gasteiger partial charge < -0.3 is 0 Å². The summed E-state index contributed by atoms with van der Waals surface area (Å²) in [6.45, 7) is 0. The molecule has 1 N–H and O–H groups in total. The number of fused-ring (bicyclic) bond motifs is 5. The Morgan fingerprint density at radius 2 is 2.06 bits per heavy atom. The number of benzene rings is 2. The molecule has 4 rings (SSSR count). The zero-order valence-electron chi connectivity index (χ0n) is 8.57. The molecule has 0 aliphatic heterocycles. The van der Waals surface area contributed by atoms with Gasteiger partial charge in [-0.1, -0.05) is 18.2 Å². The van der Waals surface area contributed by atoms with E-state index in [1.165, 1.54) is 17.1 Å². The summed E-state index contributed by atoms with van der Waals surface area (Å²) in [4.78, 5) is 4.63. The largest absolute Gasteiger partial charge is 0.293 e. The molecule has 3 nitrogen and oxygen atoms in total. The van der Waals surface area contributed by atoms with Gasteiger partial charge in [0.05, 0.1) is 16.6 Å². The van der Waals surface area contributed by atoms with Crippen LogP contribution in [0.15, 0.2) is 34.8 Å². The van der Waals surface area contributed by atoms with Gasteiger partial charge in [0.15, 0.2) is 0 Å². The van der Waals surface area contributed by atoms with Gasteiger partial charge >= 0.3 is 0 Å². The van der Waals surface area contributed by atoms with Gasteiger partial charge in [0.25, 0.3) is 0 Å². The number of para-hydroxylation sites is 1. The normalized spacial score (nSPS) is 11.8. The third-order valence-electron chi connectivity index (χ3n) is 2.93. The lowest BCUT2D eigenvalue weighted by molar-refractivity contribution is 1.54. The van der Waals surface area contributed by atoms with Gasteiger partial charge in [-0.25, -0.2) is 4.98 Å². The van der Waals surface area contributed by atoms with Gasteiger partial charge in [0.2, 0.25) is 0 Å². The lowest BCUT2D eigenvalue weighted by Gasteiger charge is -1.95. The second-order valence-electron chi connectivity index (χ2n) is 3.89. The Morgan fingerprint density at radius 1 is 1.18 bits per heavy atom. The van der Waals surface area contributed by atoms with Crippen molar-refractivity contribution in [2.24, 2.45) is 0 Å². The summed E-state index contributed by atoms with van der Waals surface area (Å²) >= 11 is 4.90. The van der Waals surface area contributed by atoms with E-state index in [1.54, 1.807) is 0 Å². The van der Waals surface area contributed by atoms with Crippen LogP contribution in [0.2, 0.25) is 0 Å². The van der Waals surface area contributed by atoms with Crippen molar-refractivity contribution in [2.45, 2.75) is 0 Å². The number of halogens is 1. The molecule has 0 saturated carbocycles. The summed E-state index contributed by atoms with van der Waals surface area (Å²) in [5.74, 6) is 0. The van der Waals surface area contributed by atoms with E-state index in [-0.39, 0.29) is 0 Å². The summed E-state index contributed by atoms with van der Waals surface area (Å²) in [6.07, 6.45) is 0. The molecule has 2 aromatic heterocycles. The topological polar surface area (TPSA) is 41.6 Å². The maximum absolute atomic E-state index is 4.63. The number of aromatic amines is 1. The molecular formula is C12H6BrN3S. The highest BCUT2D eigenvalue weighted by atomic mass is 79.9. The second-order valence-corrected chi connectivity index (χ2v) is 5.31. The Bertz CT molecular complexity index is 862. The maximum Gasteiger partial charge on any atom is 0.117 e. The molecule has 5 heteroatoms. The molecule has 0 bridgehead atoms. The first-order valence-electron chi connectivity index (χ1n) is 5.15. The molecule has 0 saturated heterocycles. The molecule has 0 amide bonds. The number of nitrogens with zero attached hydrogens (tertiary/aromatic N) is 2. The van der Waals surface area contributed by atoms with Crippen molar-refractivity contribution in [1.82, 2.24) is 13.7 Å². The third-order valence-corrected chi connectivity index (χ3v) is 4.11. The van der Waals surface area contributed by atoms with Crippen LogP contribution in [0.1, 0.15) is 0 Å². The molecule has 82 valence electrons. The van der Waals surface area contributed by atoms with E-state index in [9.17, 15) is 0 Å². The van der Waals surface area contributed by atoms with Gasteiger partial charge in [-0.05, 0) is 28.1 Å². The monoisotopic (exact) mass is 303 g/mol. The molecule has 0 fully saturated rings. The van der Waals surface area contributed by atoms with Crippen LogP contribution in [0.5, 0.6) is 0 Å². The predicted molar refractivity (Wildman–Crippen MR) is 74.5 cm³/mol. The maximum atomic E-state index is 4.63. The van der Waals surface area contributed by atoms with Crippen LogP contribution >= 0.6 is 27.7 Å². The number of aromatic nitrogens is 3. The Kier molecular flexibility index (Phi) is 1.84. The standard InChI is InChI=1S/C12H6BrN3S/c13-7-5-9-10(12-11(7)15-17-16-12)6-3-1-2-4-8(6)14-9/h1-5,16H. The highest BCUT2D eigenvalue weighted by Crippen LogP contribution is 2.34. The van der Waals surface area contributed by atoms with Crippen molar-refractivity contribution in [1.29, 1.82) is 0 Å². The van der Waals surface area contributed by atoms with Gasteiger partial charge in [-0.2, -0.15) is 4.37 Å². The summed E-state index contributed by atoms with van der Waals surface area (Å²) in [5.41, 5.74) is 4.07.